The molecule has 0 aliphatic carbocycles. The largest absolute Gasteiger partial charge is 0.349 e. The average molecular weight is 379 g/mol. The molecule has 0 spiro atoms. The molecule has 0 fully saturated rings. The summed E-state index contributed by atoms with van der Waals surface area (Å²) in [6, 6.07) is 14.2. The lowest BCUT2D eigenvalue weighted by Gasteiger charge is -2.14. The molecule has 25 heavy (non-hydrogen) atoms. The molecule has 1 atom stereocenters. The molecule has 0 bridgehead atoms. The van der Waals surface area contributed by atoms with Crippen molar-refractivity contribution in [3.8, 4) is 0 Å². The number of amides is 1. The van der Waals surface area contributed by atoms with Gasteiger partial charge in [-0.2, -0.15) is 0 Å². The van der Waals surface area contributed by atoms with Crippen LogP contribution in [0.15, 0.2) is 53.4 Å². The van der Waals surface area contributed by atoms with Crippen LogP contribution in [0.4, 0.5) is 0 Å². The van der Waals surface area contributed by atoms with Crippen LogP contribution in [0.25, 0.3) is 0 Å². The van der Waals surface area contributed by atoms with Gasteiger partial charge in [-0.05, 0) is 37.1 Å². The summed E-state index contributed by atoms with van der Waals surface area (Å²) in [6.45, 7) is 3.90. The zero-order chi connectivity index (χ0) is 18.4. The number of hydrogen-bond donors (Lipinski definition) is 2. The van der Waals surface area contributed by atoms with E-state index in [4.69, 9.17) is 5.14 Å². The van der Waals surface area contributed by atoms with Crippen molar-refractivity contribution in [1.29, 1.82) is 0 Å². The summed E-state index contributed by atoms with van der Waals surface area (Å²) in [5.41, 5.74) is 3.23. The van der Waals surface area contributed by atoms with E-state index in [2.05, 4.69) is 29.6 Å². The predicted octanol–water partition coefficient (Wildman–Crippen LogP) is 2.75. The van der Waals surface area contributed by atoms with E-state index >= 15 is 0 Å². The van der Waals surface area contributed by atoms with Gasteiger partial charge in [0.15, 0.2) is 0 Å². The Balaban J connectivity index is 1.82. The molecule has 7 heteroatoms. The van der Waals surface area contributed by atoms with Crippen LogP contribution in [0.1, 0.15) is 29.7 Å². The molecular weight excluding hydrogens is 356 g/mol. The van der Waals surface area contributed by atoms with Gasteiger partial charge >= 0.3 is 0 Å². The molecule has 2 aromatic carbocycles. The number of nitrogens with one attached hydrogen (secondary N) is 1. The molecule has 0 radical (unpaired) electrons. The lowest BCUT2D eigenvalue weighted by Crippen LogP contribution is -2.28. The van der Waals surface area contributed by atoms with Crippen molar-refractivity contribution < 1.29 is 13.2 Å². The van der Waals surface area contributed by atoms with Crippen LogP contribution < -0.4 is 10.5 Å². The summed E-state index contributed by atoms with van der Waals surface area (Å²) in [5, 5.41) is 7.98. The minimum atomic E-state index is -3.70. The predicted molar refractivity (Wildman–Crippen MR) is 102 cm³/mol. The molecule has 0 aliphatic rings. The summed E-state index contributed by atoms with van der Waals surface area (Å²) in [7, 11) is -3.70. The average Bonchev–Trinajstić information content (AvgIpc) is 2.56. The van der Waals surface area contributed by atoms with Crippen molar-refractivity contribution in [1.82, 2.24) is 5.32 Å². The van der Waals surface area contributed by atoms with E-state index in [0.29, 0.717) is 5.75 Å². The number of carbonyl (C=O) groups excluding carboxylic acids is 1. The molecule has 2 aromatic rings. The fraction of sp³-hybridized carbons (Fsp3) is 0.278. The molecule has 1 amide bonds. The lowest BCUT2D eigenvalue weighted by molar-refractivity contribution is -0.119. The Labute approximate surface area is 153 Å². The SMILES string of the molecule is Cc1ccc(CSCC(=O)NC(C)c2ccc(S(N)(=O)=O)cc2)cc1. The summed E-state index contributed by atoms with van der Waals surface area (Å²) in [4.78, 5) is 12.1. The molecule has 0 aromatic heterocycles. The monoisotopic (exact) mass is 378 g/mol. The molecule has 0 saturated heterocycles. The second kappa shape index (κ2) is 8.51. The summed E-state index contributed by atoms with van der Waals surface area (Å²) in [5.74, 6) is 1.10. The van der Waals surface area contributed by atoms with Gasteiger partial charge in [0.25, 0.3) is 0 Å². The number of nitrogens with two attached hydrogens (primary N) is 1. The Bertz CT molecular complexity index is 816. The zero-order valence-electron chi connectivity index (χ0n) is 14.2. The van der Waals surface area contributed by atoms with E-state index in [1.165, 1.54) is 23.3 Å². The highest BCUT2D eigenvalue weighted by Gasteiger charge is 2.12. The van der Waals surface area contributed by atoms with Crippen molar-refractivity contribution in [3.05, 3.63) is 65.2 Å². The number of benzene rings is 2. The first-order valence-electron chi connectivity index (χ1n) is 7.81. The minimum absolute atomic E-state index is 0.0554. The summed E-state index contributed by atoms with van der Waals surface area (Å²) in [6.07, 6.45) is 0. The standard InChI is InChI=1S/C18H22N2O3S2/c1-13-3-5-15(6-4-13)11-24-12-18(21)20-14(2)16-7-9-17(10-8-16)25(19,22)23/h3-10,14H,11-12H2,1-2H3,(H,20,21)(H2,19,22,23). The molecule has 0 aliphatic heterocycles. The van der Waals surface area contributed by atoms with Gasteiger partial charge in [0.2, 0.25) is 15.9 Å². The third-order valence-electron chi connectivity index (χ3n) is 3.71. The number of primary sulfonamides is 1. The molecular formula is C18H22N2O3S2. The van der Waals surface area contributed by atoms with Crippen LogP contribution in [-0.2, 0) is 20.6 Å². The van der Waals surface area contributed by atoms with Crippen molar-refractivity contribution in [2.24, 2.45) is 5.14 Å². The highest BCUT2D eigenvalue weighted by Crippen LogP contribution is 2.17. The first-order valence-corrected chi connectivity index (χ1v) is 10.5. The summed E-state index contributed by atoms with van der Waals surface area (Å²) >= 11 is 1.56. The van der Waals surface area contributed by atoms with Crippen LogP contribution in [0.3, 0.4) is 0 Å². The lowest BCUT2D eigenvalue weighted by atomic mass is 10.1. The van der Waals surface area contributed by atoms with Gasteiger partial charge in [0.1, 0.15) is 0 Å². The topological polar surface area (TPSA) is 89.3 Å². The van der Waals surface area contributed by atoms with E-state index < -0.39 is 10.0 Å². The molecule has 1 unspecified atom stereocenters. The van der Waals surface area contributed by atoms with E-state index in [-0.39, 0.29) is 16.8 Å². The Morgan fingerprint density at radius 3 is 2.28 bits per heavy atom. The van der Waals surface area contributed by atoms with Crippen LogP contribution >= 0.6 is 11.8 Å². The maximum absolute atomic E-state index is 12.0. The van der Waals surface area contributed by atoms with Gasteiger partial charge in [0, 0.05) is 5.75 Å². The van der Waals surface area contributed by atoms with E-state index in [1.807, 2.05) is 13.8 Å². The van der Waals surface area contributed by atoms with E-state index in [0.717, 1.165) is 11.3 Å². The van der Waals surface area contributed by atoms with Gasteiger partial charge in [-0.3, -0.25) is 4.79 Å². The van der Waals surface area contributed by atoms with Gasteiger partial charge in [-0.1, -0.05) is 42.0 Å². The van der Waals surface area contributed by atoms with Crippen LogP contribution in [0.2, 0.25) is 0 Å². The van der Waals surface area contributed by atoms with Crippen LogP contribution in [0.5, 0.6) is 0 Å². The summed E-state index contributed by atoms with van der Waals surface area (Å²) < 4.78 is 22.5. The second-order valence-electron chi connectivity index (χ2n) is 5.88. The minimum Gasteiger partial charge on any atom is -0.349 e. The first kappa shape index (κ1) is 19.5. The van der Waals surface area contributed by atoms with Crippen molar-refractivity contribution >= 4 is 27.7 Å². The van der Waals surface area contributed by atoms with E-state index in [1.54, 1.807) is 23.9 Å². The number of thioether (sulfide) groups is 1. The smallest absolute Gasteiger partial charge is 0.238 e. The second-order valence-corrected chi connectivity index (χ2v) is 8.43. The molecule has 0 saturated carbocycles. The Morgan fingerprint density at radius 1 is 1.12 bits per heavy atom. The third kappa shape index (κ3) is 6.19. The van der Waals surface area contributed by atoms with Gasteiger partial charge < -0.3 is 5.32 Å². The highest BCUT2D eigenvalue weighted by atomic mass is 32.2. The Morgan fingerprint density at radius 2 is 1.72 bits per heavy atom. The van der Waals surface area contributed by atoms with Crippen molar-refractivity contribution in [3.63, 3.8) is 0 Å². The molecule has 134 valence electrons. The van der Waals surface area contributed by atoms with Gasteiger partial charge in [0.05, 0.1) is 16.7 Å². The normalized spacial score (nSPS) is 12.6. The molecule has 0 heterocycles. The van der Waals surface area contributed by atoms with Crippen LogP contribution in [0, 0.1) is 6.92 Å². The number of sulfonamides is 1. The van der Waals surface area contributed by atoms with Gasteiger partial charge in [-0.25, -0.2) is 13.6 Å². The fourth-order valence-corrected chi connectivity index (χ4v) is 3.57. The Hall–Kier alpha value is -1.83. The Kier molecular flexibility index (Phi) is 6.64. The van der Waals surface area contributed by atoms with Crippen LogP contribution in [-0.4, -0.2) is 20.1 Å². The maximum atomic E-state index is 12.0. The quantitative estimate of drug-likeness (QED) is 0.775. The molecule has 2 rings (SSSR count). The number of aryl methyl sites for hydroxylation is 1. The third-order valence-corrected chi connectivity index (χ3v) is 5.64. The van der Waals surface area contributed by atoms with Gasteiger partial charge in [-0.15, -0.1) is 11.8 Å². The first-order chi connectivity index (χ1) is 11.8. The molecule has 3 N–H and O–H groups in total. The fourth-order valence-electron chi connectivity index (χ4n) is 2.26. The number of rotatable bonds is 7. The van der Waals surface area contributed by atoms with Crippen molar-refractivity contribution in [2.75, 3.05) is 5.75 Å². The molecule has 5 nitrogen and oxygen atoms in total. The van der Waals surface area contributed by atoms with Crippen molar-refractivity contribution in [2.45, 2.75) is 30.5 Å². The van der Waals surface area contributed by atoms with E-state index in [9.17, 15) is 13.2 Å². The number of hydrogen-bond acceptors (Lipinski definition) is 4. The highest BCUT2D eigenvalue weighted by molar-refractivity contribution is 7.99. The maximum Gasteiger partial charge on any atom is 0.238 e. The number of carbonyl (C=O) groups is 1. The zero-order valence-corrected chi connectivity index (χ0v) is 15.9.